The van der Waals surface area contributed by atoms with E-state index in [9.17, 15) is 9.59 Å². The summed E-state index contributed by atoms with van der Waals surface area (Å²) < 4.78 is 5.20. The van der Waals surface area contributed by atoms with Crippen molar-refractivity contribution in [2.24, 2.45) is 5.41 Å². The number of H-pyrrole nitrogens is 1. The minimum absolute atomic E-state index is 0.119. The molecule has 1 atom stereocenters. The van der Waals surface area contributed by atoms with E-state index in [1.807, 2.05) is 4.90 Å². The smallest absolute Gasteiger partial charge is 0.264 e. The van der Waals surface area contributed by atoms with Crippen molar-refractivity contribution in [3.8, 4) is 5.75 Å². The first-order chi connectivity index (χ1) is 10.7. The van der Waals surface area contributed by atoms with E-state index in [2.05, 4.69) is 17.1 Å². The first kappa shape index (κ1) is 14.9. The van der Waals surface area contributed by atoms with Gasteiger partial charge in [0.05, 0.1) is 7.11 Å². The number of aromatic nitrogens is 1. The van der Waals surface area contributed by atoms with Gasteiger partial charge in [-0.1, -0.05) is 12.2 Å². The van der Waals surface area contributed by atoms with Gasteiger partial charge in [-0.15, -0.1) is 0 Å². The lowest BCUT2D eigenvalue weighted by Gasteiger charge is -2.43. The molecule has 1 aromatic heterocycles. The predicted octanol–water partition coefficient (Wildman–Crippen LogP) is 2.35. The summed E-state index contributed by atoms with van der Waals surface area (Å²) in [6.45, 7) is 1.44. The Morgan fingerprint density at radius 2 is 2.23 bits per heavy atom. The number of amides is 1. The molecule has 0 saturated carbocycles. The van der Waals surface area contributed by atoms with Gasteiger partial charge in [0.15, 0.2) is 0 Å². The van der Waals surface area contributed by atoms with E-state index in [1.54, 1.807) is 6.07 Å². The zero-order valence-electron chi connectivity index (χ0n) is 12.9. The van der Waals surface area contributed by atoms with Gasteiger partial charge in [-0.25, -0.2) is 0 Å². The van der Waals surface area contributed by atoms with E-state index in [-0.39, 0.29) is 22.4 Å². The van der Waals surface area contributed by atoms with E-state index in [0.29, 0.717) is 12.3 Å². The van der Waals surface area contributed by atoms with E-state index in [0.717, 1.165) is 38.6 Å². The van der Waals surface area contributed by atoms with Crippen molar-refractivity contribution in [1.82, 2.24) is 9.88 Å². The number of ether oxygens (including phenoxy) is 1. The van der Waals surface area contributed by atoms with E-state index < -0.39 is 0 Å². The monoisotopic (exact) mass is 302 g/mol. The molecule has 118 valence electrons. The topological polar surface area (TPSA) is 62.4 Å². The zero-order chi connectivity index (χ0) is 15.6. The van der Waals surface area contributed by atoms with E-state index >= 15 is 0 Å². The molecule has 22 heavy (non-hydrogen) atoms. The molecule has 2 heterocycles. The fourth-order valence-corrected chi connectivity index (χ4v) is 3.69. The van der Waals surface area contributed by atoms with Gasteiger partial charge in [-0.05, 0) is 43.6 Å². The zero-order valence-corrected chi connectivity index (χ0v) is 12.9. The first-order valence-corrected chi connectivity index (χ1v) is 7.85. The SMILES string of the molecule is COc1cc[nH]c(=O)c1C(=O)N1CCCC2(CC=CCC2)C1. The van der Waals surface area contributed by atoms with Crippen molar-refractivity contribution >= 4 is 5.91 Å². The summed E-state index contributed by atoms with van der Waals surface area (Å²) in [4.78, 5) is 29.3. The van der Waals surface area contributed by atoms with Crippen molar-refractivity contribution in [3.63, 3.8) is 0 Å². The van der Waals surface area contributed by atoms with Crippen molar-refractivity contribution in [3.05, 3.63) is 40.3 Å². The van der Waals surface area contributed by atoms with E-state index in [4.69, 9.17) is 4.74 Å². The van der Waals surface area contributed by atoms with Crippen LogP contribution in [0.4, 0.5) is 0 Å². The lowest BCUT2D eigenvalue weighted by atomic mass is 9.71. The van der Waals surface area contributed by atoms with Crippen LogP contribution in [0.2, 0.25) is 0 Å². The highest BCUT2D eigenvalue weighted by Crippen LogP contribution is 2.41. The molecule has 0 bridgehead atoms. The summed E-state index contributed by atoms with van der Waals surface area (Å²) in [6.07, 6.45) is 11.3. The minimum Gasteiger partial charge on any atom is -0.496 e. The summed E-state index contributed by atoms with van der Waals surface area (Å²) >= 11 is 0. The summed E-state index contributed by atoms with van der Waals surface area (Å²) in [6, 6.07) is 1.62. The molecule has 2 aliphatic rings. The molecule has 1 aliphatic carbocycles. The number of pyridine rings is 1. The third-order valence-corrected chi connectivity index (χ3v) is 4.86. The highest BCUT2D eigenvalue weighted by molar-refractivity contribution is 5.96. The average Bonchev–Trinajstić information content (AvgIpc) is 2.54. The number of hydrogen-bond donors (Lipinski definition) is 1. The molecular formula is C17H22N2O3. The molecular weight excluding hydrogens is 280 g/mol. The van der Waals surface area contributed by atoms with Crippen LogP contribution < -0.4 is 10.3 Å². The number of nitrogens with one attached hydrogen (secondary N) is 1. The minimum atomic E-state index is -0.382. The average molecular weight is 302 g/mol. The maximum Gasteiger partial charge on any atom is 0.264 e. The van der Waals surface area contributed by atoms with Gasteiger partial charge in [0.25, 0.3) is 11.5 Å². The number of likely N-dealkylation sites (tertiary alicyclic amines) is 1. The molecule has 1 aliphatic heterocycles. The Morgan fingerprint density at radius 1 is 1.36 bits per heavy atom. The molecule has 1 amide bonds. The molecule has 1 aromatic rings. The van der Waals surface area contributed by atoms with Crippen LogP contribution in [-0.2, 0) is 0 Å². The third kappa shape index (κ3) is 2.67. The Kier molecular flexibility index (Phi) is 4.05. The molecule has 1 N–H and O–H groups in total. The highest BCUT2D eigenvalue weighted by atomic mass is 16.5. The van der Waals surface area contributed by atoms with Crippen LogP contribution >= 0.6 is 0 Å². The quantitative estimate of drug-likeness (QED) is 0.853. The standard InChI is InChI=1S/C17H22N2O3/c1-22-13-6-10-18-15(20)14(13)16(21)19-11-5-9-17(12-19)7-3-2-4-8-17/h2-3,6,10H,4-5,7-9,11-12H2,1H3,(H,18,20). The number of carbonyl (C=O) groups excluding carboxylic acids is 1. The summed E-state index contributed by atoms with van der Waals surface area (Å²) in [5.74, 6) is 0.129. The second-order valence-electron chi connectivity index (χ2n) is 6.29. The number of piperidine rings is 1. The van der Waals surface area contributed by atoms with Gasteiger partial charge in [0.1, 0.15) is 11.3 Å². The van der Waals surface area contributed by atoms with Crippen LogP contribution in [0.5, 0.6) is 5.75 Å². The molecule has 1 unspecified atom stereocenters. The van der Waals surface area contributed by atoms with Gasteiger partial charge in [0, 0.05) is 19.3 Å². The van der Waals surface area contributed by atoms with Crippen LogP contribution in [-0.4, -0.2) is 36.0 Å². The first-order valence-electron chi connectivity index (χ1n) is 7.85. The van der Waals surface area contributed by atoms with Gasteiger partial charge in [0.2, 0.25) is 0 Å². The fourth-order valence-electron chi connectivity index (χ4n) is 3.69. The molecule has 1 spiro atoms. The maximum atomic E-state index is 12.8. The van der Waals surface area contributed by atoms with Gasteiger partial charge in [-0.2, -0.15) is 0 Å². The number of hydrogen-bond acceptors (Lipinski definition) is 3. The second kappa shape index (κ2) is 5.99. The van der Waals surface area contributed by atoms with Crippen LogP contribution in [0.25, 0.3) is 0 Å². The van der Waals surface area contributed by atoms with Crippen molar-refractivity contribution in [1.29, 1.82) is 0 Å². The number of carbonyl (C=O) groups is 1. The molecule has 5 nitrogen and oxygen atoms in total. The normalized spacial score (nSPS) is 24.5. The predicted molar refractivity (Wildman–Crippen MR) is 84.2 cm³/mol. The van der Waals surface area contributed by atoms with Crippen LogP contribution in [0.3, 0.4) is 0 Å². The van der Waals surface area contributed by atoms with Crippen LogP contribution in [0.1, 0.15) is 42.5 Å². The molecule has 5 heteroatoms. The Balaban J connectivity index is 1.86. The Morgan fingerprint density at radius 3 is 2.95 bits per heavy atom. The highest BCUT2D eigenvalue weighted by Gasteiger charge is 2.38. The summed E-state index contributed by atoms with van der Waals surface area (Å²) in [5.41, 5.74) is -0.0711. The van der Waals surface area contributed by atoms with Crippen molar-refractivity contribution in [2.75, 3.05) is 20.2 Å². The van der Waals surface area contributed by atoms with Crippen LogP contribution in [0.15, 0.2) is 29.2 Å². The van der Waals surface area contributed by atoms with Crippen LogP contribution in [0, 0.1) is 5.41 Å². The fraction of sp³-hybridized carbons (Fsp3) is 0.529. The lowest BCUT2D eigenvalue weighted by Crippen LogP contribution is -2.47. The van der Waals surface area contributed by atoms with Gasteiger partial charge >= 0.3 is 0 Å². The maximum absolute atomic E-state index is 12.8. The Bertz CT molecular complexity index is 650. The number of allylic oxidation sites excluding steroid dienone is 2. The number of methoxy groups -OCH3 is 1. The molecule has 1 saturated heterocycles. The molecule has 0 radical (unpaired) electrons. The van der Waals surface area contributed by atoms with Crippen molar-refractivity contribution < 1.29 is 9.53 Å². The largest absolute Gasteiger partial charge is 0.496 e. The van der Waals surface area contributed by atoms with E-state index in [1.165, 1.54) is 13.3 Å². The molecule has 0 aromatic carbocycles. The molecule has 1 fully saturated rings. The summed E-state index contributed by atoms with van der Waals surface area (Å²) in [5, 5.41) is 0. The third-order valence-electron chi connectivity index (χ3n) is 4.86. The summed E-state index contributed by atoms with van der Waals surface area (Å²) in [7, 11) is 1.48. The van der Waals surface area contributed by atoms with Gasteiger partial charge < -0.3 is 14.6 Å². The second-order valence-corrected chi connectivity index (χ2v) is 6.29. The number of aromatic amines is 1. The Hall–Kier alpha value is -2.04. The van der Waals surface area contributed by atoms with Gasteiger partial charge in [-0.3, -0.25) is 9.59 Å². The lowest BCUT2D eigenvalue weighted by molar-refractivity contribution is 0.0480. The number of rotatable bonds is 2. The molecule has 3 rings (SSSR count). The number of nitrogens with zero attached hydrogens (tertiary/aromatic N) is 1. The Labute approximate surface area is 130 Å². The van der Waals surface area contributed by atoms with Crippen molar-refractivity contribution in [2.45, 2.75) is 32.1 Å².